The van der Waals surface area contributed by atoms with Gasteiger partial charge in [-0.05, 0) is 23.8 Å². The van der Waals surface area contributed by atoms with Crippen LogP contribution in [0.1, 0.15) is 22.0 Å². The molecule has 0 aliphatic rings. The van der Waals surface area contributed by atoms with E-state index in [2.05, 4.69) is 5.32 Å². The first-order valence-electron chi connectivity index (χ1n) is 8.46. The minimum absolute atomic E-state index is 0.0170. The number of carbonyl (C=O) groups excluding carboxylic acids is 2. The summed E-state index contributed by atoms with van der Waals surface area (Å²) in [5.74, 6) is -0.126. The van der Waals surface area contributed by atoms with Crippen molar-refractivity contribution >= 4 is 22.7 Å². The summed E-state index contributed by atoms with van der Waals surface area (Å²) in [6.07, 6.45) is 0.745. The first kappa shape index (κ1) is 18.5. The van der Waals surface area contributed by atoms with Crippen LogP contribution < -0.4 is 15.8 Å². The van der Waals surface area contributed by atoms with Crippen molar-refractivity contribution in [2.75, 3.05) is 13.7 Å². The summed E-state index contributed by atoms with van der Waals surface area (Å²) >= 11 is 0. The summed E-state index contributed by atoms with van der Waals surface area (Å²) in [5.41, 5.74) is 7.21. The number of benzene rings is 2. The van der Waals surface area contributed by atoms with E-state index in [1.807, 2.05) is 18.2 Å². The molecule has 7 heteroatoms. The molecule has 0 aliphatic carbocycles. The van der Waals surface area contributed by atoms with Gasteiger partial charge in [0, 0.05) is 23.6 Å². The number of hydrogen-bond donors (Lipinski definition) is 3. The Morgan fingerprint density at radius 2 is 1.89 bits per heavy atom. The topological polar surface area (TPSA) is 107 Å². The molecule has 1 aromatic heterocycles. The van der Waals surface area contributed by atoms with Gasteiger partial charge in [-0.3, -0.25) is 9.59 Å². The highest BCUT2D eigenvalue weighted by Gasteiger charge is 2.15. The zero-order valence-corrected chi connectivity index (χ0v) is 14.9. The van der Waals surface area contributed by atoms with Gasteiger partial charge in [0.1, 0.15) is 12.3 Å². The Hall–Kier alpha value is -3.32. The first-order valence-corrected chi connectivity index (χ1v) is 8.46. The summed E-state index contributed by atoms with van der Waals surface area (Å²) in [6.45, 7) is 0.0934. The molecule has 0 bridgehead atoms. The Labute approximate surface area is 156 Å². The van der Waals surface area contributed by atoms with Gasteiger partial charge in [0.2, 0.25) is 5.91 Å². The number of aliphatic hydroxyl groups excluding tert-OH is 1. The average molecular weight is 367 g/mol. The van der Waals surface area contributed by atoms with Gasteiger partial charge in [-0.15, -0.1) is 0 Å². The van der Waals surface area contributed by atoms with Crippen molar-refractivity contribution in [3.63, 3.8) is 0 Å². The van der Waals surface area contributed by atoms with Gasteiger partial charge in [0.05, 0.1) is 18.8 Å². The van der Waals surface area contributed by atoms with Gasteiger partial charge in [0.15, 0.2) is 0 Å². The zero-order valence-electron chi connectivity index (χ0n) is 14.9. The number of nitrogens with two attached hydrogens (primary N) is 1. The van der Waals surface area contributed by atoms with E-state index in [-0.39, 0.29) is 19.0 Å². The van der Waals surface area contributed by atoms with Crippen molar-refractivity contribution in [3.05, 3.63) is 65.9 Å². The number of aromatic nitrogens is 1. The molecule has 0 fully saturated rings. The summed E-state index contributed by atoms with van der Waals surface area (Å²) in [7, 11) is 1.57. The Kier molecular flexibility index (Phi) is 5.42. The molecule has 0 aliphatic heterocycles. The summed E-state index contributed by atoms with van der Waals surface area (Å²) in [4.78, 5) is 23.9. The molecule has 3 aromatic rings. The normalized spacial score (nSPS) is 11.9. The second-order valence-electron chi connectivity index (χ2n) is 6.15. The number of para-hydroxylation sites is 1. The highest BCUT2D eigenvalue weighted by Crippen LogP contribution is 2.21. The van der Waals surface area contributed by atoms with Gasteiger partial charge in [0.25, 0.3) is 5.91 Å². The molecule has 0 spiro atoms. The number of ether oxygens (including phenoxy) is 1. The van der Waals surface area contributed by atoms with E-state index >= 15 is 0 Å². The van der Waals surface area contributed by atoms with Crippen molar-refractivity contribution < 1.29 is 19.4 Å². The van der Waals surface area contributed by atoms with Crippen LogP contribution >= 0.6 is 0 Å². The fourth-order valence-corrected chi connectivity index (χ4v) is 2.94. The molecule has 1 atom stereocenters. The van der Waals surface area contributed by atoms with Crippen LogP contribution in [0, 0.1) is 0 Å². The smallest absolute Gasteiger partial charge is 0.250 e. The van der Waals surface area contributed by atoms with Gasteiger partial charge in [-0.25, -0.2) is 0 Å². The van der Waals surface area contributed by atoms with Gasteiger partial charge < -0.3 is 25.5 Å². The highest BCUT2D eigenvalue weighted by atomic mass is 16.5. The number of rotatable bonds is 7. The number of primary amides is 1. The number of amides is 2. The molecule has 2 amide bonds. The lowest BCUT2D eigenvalue weighted by Gasteiger charge is -2.13. The lowest BCUT2D eigenvalue weighted by atomic mass is 10.1. The van der Waals surface area contributed by atoms with Crippen LogP contribution in [0.25, 0.3) is 10.9 Å². The van der Waals surface area contributed by atoms with Crippen molar-refractivity contribution in [2.45, 2.75) is 12.6 Å². The Bertz CT molecular complexity index is 963. The van der Waals surface area contributed by atoms with Crippen molar-refractivity contribution in [1.82, 2.24) is 9.88 Å². The molecule has 7 nitrogen and oxygen atoms in total. The molecule has 27 heavy (non-hydrogen) atoms. The monoisotopic (exact) mass is 367 g/mol. The number of hydrogen-bond acceptors (Lipinski definition) is 4. The third kappa shape index (κ3) is 4.09. The summed E-state index contributed by atoms with van der Waals surface area (Å²) in [6, 6.07) is 14.2. The second-order valence-corrected chi connectivity index (χ2v) is 6.15. The Balaban J connectivity index is 1.65. The maximum Gasteiger partial charge on any atom is 0.250 e. The van der Waals surface area contributed by atoms with E-state index in [0.29, 0.717) is 22.3 Å². The average Bonchev–Trinajstić information content (AvgIpc) is 3.05. The van der Waals surface area contributed by atoms with Crippen molar-refractivity contribution in [2.24, 2.45) is 5.73 Å². The predicted octanol–water partition coefficient (Wildman–Crippen LogP) is 1.60. The maximum absolute atomic E-state index is 12.3. The van der Waals surface area contributed by atoms with Gasteiger partial charge in [-0.1, -0.05) is 30.3 Å². The van der Waals surface area contributed by atoms with Gasteiger partial charge in [-0.2, -0.15) is 0 Å². The SMILES string of the molecule is COc1ccc([C@@H](O)CNC(=O)Cn2cc(C(N)=O)c3ccccc32)cc1. The fraction of sp³-hybridized carbons (Fsp3) is 0.200. The molecule has 0 unspecified atom stereocenters. The predicted molar refractivity (Wildman–Crippen MR) is 101 cm³/mol. The minimum atomic E-state index is -0.831. The third-order valence-electron chi connectivity index (χ3n) is 4.36. The molecule has 1 heterocycles. The van der Waals surface area contributed by atoms with Crippen LogP contribution in [0.5, 0.6) is 5.75 Å². The number of methoxy groups -OCH3 is 1. The first-order chi connectivity index (χ1) is 13.0. The van der Waals surface area contributed by atoms with Crippen molar-refractivity contribution in [3.8, 4) is 5.75 Å². The largest absolute Gasteiger partial charge is 0.497 e. The van der Waals surface area contributed by atoms with Crippen LogP contribution in [0.2, 0.25) is 0 Å². The van der Waals surface area contributed by atoms with Crippen LogP contribution in [0.15, 0.2) is 54.7 Å². The Morgan fingerprint density at radius 3 is 2.56 bits per heavy atom. The number of nitrogens with zero attached hydrogens (tertiary/aromatic N) is 1. The molecule has 0 radical (unpaired) electrons. The van der Waals surface area contributed by atoms with E-state index < -0.39 is 12.0 Å². The third-order valence-corrected chi connectivity index (χ3v) is 4.36. The lowest BCUT2D eigenvalue weighted by molar-refractivity contribution is -0.122. The van der Waals surface area contributed by atoms with Crippen LogP contribution in [-0.2, 0) is 11.3 Å². The molecule has 4 N–H and O–H groups in total. The number of nitrogens with one attached hydrogen (secondary N) is 1. The van der Waals surface area contributed by atoms with E-state index in [1.54, 1.807) is 48.2 Å². The quantitative estimate of drug-likeness (QED) is 0.590. The molecule has 0 saturated carbocycles. The minimum Gasteiger partial charge on any atom is -0.497 e. The number of fused-ring (bicyclic) bond motifs is 1. The van der Waals surface area contributed by atoms with Crippen molar-refractivity contribution in [1.29, 1.82) is 0 Å². The van der Waals surface area contributed by atoms with Crippen LogP contribution in [0.3, 0.4) is 0 Å². The molecule has 140 valence electrons. The summed E-state index contributed by atoms with van der Waals surface area (Å²) in [5, 5.41) is 13.6. The molecule has 2 aromatic carbocycles. The molecular weight excluding hydrogens is 346 g/mol. The van der Waals surface area contributed by atoms with E-state index in [4.69, 9.17) is 10.5 Å². The lowest BCUT2D eigenvalue weighted by Crippen LogP contribution is -2.31. The van der Waals surface area contributed by atoms with E-state index in [1.165, 1.54) is 0 Å². The van der Waals surface area contributed by atoms with E-state index in [0.717, 1.165) is 5.52 Å². The summed E-state index contributed by atoms with van der Waals surface area (Å²) < 4.78 is 6.75. The molecule has 3 rings (SSSR count). The standard InChI is InChI=1S/C20H21N3O4/c1-27-14-8-6-13(7-9-14)18(24)10-22-19(25)12-23-11-16(20(21)26)15-4-2-3-5-17(15)23/h2-9,11,18,24H,10,12H2,1H3,(H2,21,26)(H,22,25)/t18-/m0/s1. The fourth-order valence-electron chi connectivity index (χ4n) is 2.94. The molecule has 0 saturated heterocycles. The molecular formula is C20H21N3O4. The number of aliphatic hydroxyl groups is 1. The van der Waals surface area contributed by atoms with Crippen LogP contribution in [0.4, 0.5) is 0 Å². The zero-order chi connectivity index (χ0) is 19.4. The second kappa shape index (κ2) is 7.92. The van der Waals surface area contributed by atoms with Crippen LogP contribution in [-0.4, -0.2) is 35.1 Å². The van der Waals surface area contributed by atoms with E-state index in [9.17, 15) is 14.7 Å². The highest BCUT2D eigenvalue weighted by molar-refractivity contribution is 6.06. The van der Waals surface area contributed by atoms with Gasteiger partial charge >= 0.3 is 0 Å². The maximum atomic E-state index is 12.3. The number of carbonyl (C=O) groups is 2. The Morgan fingerprint density at radius 1 is 1.19 bits per heavy atom.